The maximum absolute atomic E-state index is 12.3. The minimum absolute atomic E-state index is 0.0654. The van der Waals surface area contributed by atoms with Crippen molar-refractivity contribution >= 4 is 15.9 Å². The lowest BCUT2D eigenvalue weighted by molar-refractivity contribution is 0.0939. The molecule has 0 aliphatic heterocycles. The summed E-state index contributed by atoms with van der Waals surface area (Å²) in [6.07, 6.45) is 0. The van der Waals surface area contributed by atoms with E-state index in [1.54, 1.807) is 12.1 Å². The lowest BCUT2D eigenvalue weighted by Gasteiger charge is -2.15. The van der Waals surface area contributed by atoms with Gasteiger partial charge in [0.05, 0.1) is 10.9 Å². The smallest absolute Gasteiger partial charge is 0.251 e. The first-order valence-electron chi connectivity index (χ1n) is 7.24. The van der Waals surface area contributed by atoms with Crippen molar-refractivity contribution in [1.29, 1.82) is 0 Å². The number of carbonyl (C=O) groups is 1. The Morgan fingerprint density at radius 1 is 1.09 bits per heavy atom. The fourth-order valence-electron chi connectivity index (χ4n) is 2.14. The zero-order valence-corrected chi connectivity index (χ0v) is 14.1. The summed E-state index contributed by atoms with van der Waals surface area (Å²) in [4.78, 5) is 12.4. The number of rotatable bonds is 5. The summed E-state index contributed by atoms with van der Waals surface area (Å²) < 4.78 is 25.9. The van der Waals surface area contributed by atoms with E-state index in [4.69, 9.17) is 0 Å². The third kappa shape index (κ3) is 4.18. The molecule has 2 N–H and O–H groups in total. The summed E-state index contributed by atoms with van der Waals surface area (Å²) in [5.41, 5.74) is 2.44. The predicted octanol–water partition coefficient (Wildman–Crippen LogP) is 2.39. The van der Waals surface area contributed by atoms with Crippen molar-refractivity contribution in [2.75, 3.05) is 7.05 Å². The van der Waals surface area contributed by atoms with Crippen LogP contribution in [0.15, 0.2) is 53.4 Å². The lowest BCUT2D eigenvalue weighted by Crippen LogP contribution is -2.27. The topological polar surface area (TPSA) is 75.3 Å². The molecular weight excluding hydrogens is 312 g/mol. The van der Waals surface area contributed by atoms with Crippen LogP contribution in [0, 0.1) is 6.92 Å². The van der Waals surface area contributed by atoms with Crippen LogP contribution in [0.3, 0.4) is 0 Å². The van der Waals surface area contributed by atoms with Gasteiger partial charge in [-0.3, -0.25) is 4.79 Å². The summed E-state index contributed by atoms with van der Waals surface area (Å²) in [6, 6.07) is 13.7. The number of sulfonamides is 1. The average molecular weight is 332 g/mol. The lowest BCUT2D eigenvalue weighted by atomic mass is 10.1. The molecule has 0 spiro atoms. The van der Waals surface area contributed by atoms with Gasteiger partial charge in [-0.05, 0) is 44.7 Å². The van der Waals surface area contributed by atoms with Crippen LogP contribution in [0.25, 0.3) is 0 Å². The number of benzene rings is 2. The van der Waals surface area contributed by atoms with E-state index in [1.807, 2.05) is 38.1 Å². The minimum atomic E-state index is -3.57. The van der Waals surface area contributed by atoms with Gasteiger partial charge in [-0.25, -0.2) is 13.1 Å². The Morgan fingerprint density at radius 2 is 1.74 bits per heavy atom. The maximum atomic E-state index is 12.3. The van der Waals surface area contributed by atoms with Crippen molar-refractivity contribution in [3.05, 3.63) is 65.2 Å². The molecule has 0 unspecified atom stereocenters. The van der Waals surface area contributed by atoms with Crippen molar-refractivity contribution in [1.82, 2.24) is 10.0 Å². The summed E-state index contributed by atoms with van der Waals surface area (Å²) >= 11 is 0. The molecule has 1 atom stereocenters. The second-order valence-electron chi connectivity index (χ2n) is 5.34. The van der Waals surface area contributed by atoms with Crippen LogP contribution in [-0.4, -0.2) is 21.4 Å². The third-order valence-electron chi connectivity index (χ3n) is 3.60. The number of carbonyl (C=O) groups excluding carboxylic acids is 1. The van der Waals surface area contributed by atoms with Gasteiger partial charge in [0.25, 0.3) is 5.91 Å². The Hall–Kier alpha value is -2.18. The highest BCUT2D eigenvalue weighted by Gasteiger charge is 2.16. The molecule has 0 aliphatic rings. The van der Waals surface area contributed by atoms with Gasteiger partial charge in [0.15, 0.2) is 0 Å². The van der Waals surface area contributed by atoms with Gasteiger partial charge in [-0.15, -0.1) is 0 Å². The van der Waals surface area contributed by atoms with E-state index in [0.29, 0.717) is 5.56 Å². The Balaban J connectivity index is 2.18. The van der Waals surface area contributed by atoms with Crippen molar-refractivity contribution < 1.29 is 13.2 Å². The molecule has 122 valence electrons. The molecule has 0 heterocycles. The molecule has 2 rings (SSSR count). The Morgan fingerprint density at radius 3 is 2.35 bits per heavy atom. The van der Waals surface area contributed by atoms with E-state index in [9.17, 15) is 13.2 Å². The molecule has 6 heteroatoms. The number of nitrogens with one attached hydrogen (secondary N) is 2. The van der Waals surface area contributed by atoms with Crippen LogP contribution in [0.2, 0.25) is 0 Å². The highest BCUT2D eigenvalue weighted by atomic mass is 32.2. The van der Waals surface area contributed by atoms with E-state index in [-0.39, 0.29) is 16.8 Å². The van der Waals surface area contributed by atoms with E-state index in [0.717, 1.165) is 11.1 Å². The average Bonchev–Trinajstić information content (AvgIpc) is 2.55. The molecule has 2 aromatic rings. The molecule has 0 aromatic heterocycles. The molecule has 0 radical (unpaired) electrons. The molecular formula is C17H20N2O3S. The molecule has 5 nitrogen and oxygen atoms in total. The predicted molar refractivity (Wildman–Crippen MR) is 89.7 cm³/mol. The van der Waals surface area contributed by atoms with Crippen LogP contribution in [0.4, 0.5) is 0 Å². The second kappa shape index (κ2) is 6.93. The van der Waals surface area contributed by atoms with Gasteiger partial charge in [-0.1, -0.05) is 35.9 Å². The summed E-state index contributed by atoms with van der Waals surface area (Å²) in [5.74, 6) is -0.314. The van der Waals surface area contributed by atoms with Gasteiger partial charge in [0.1, 0.15) is 0 Å². The van der Waals surface area contributed by atoms with E-state index in [1.165, 1.54) is 19.2 Å². The van der Waals surface area contributed by atoms with Crippen LogP contribution in [0.1, 0.15) is 34.5 Å². The van der Waals surface area contributed by atoms with Gasteiger partial charge in [0.2, 0.25) is 10.0 Å². The van der Waals surface area contributed by atoms with Crippen LogP contribution in [-0.2, 0) is 10.0 Å². The van der Waals surface area contributed by atoms with E-state index >= 15 is 0 Å². The fraction of sp³-hybridized carbons (Fsp3) is 0.235. The Labute approximate surface area is 136 Å². The Kier molecular flexibility index (Phi) is 5.18. The van der Waals surface area contributed by atoms with E-state index in [2.05, 4.69) is 10.0 Å². The van der Waals surface area contributed by atoms with Crippen LogP contribution >= 0.6 is 0 Å². The third-order valence-corrected chi connectivity index (χ3v) is 5.01. The summed E-state index contributed by atoms with van der Waals surface area (Å²) in [6.45, 7) is 3.89. The molecule has 0 saturated heterocycles. The van der Waals surface area contributed by atoms with Crippen molar-refractivity contribution in [2.45, 2.75) is 24.8 Å². The first kappa shape index (κ1) is 17.2. The molecule has 0 aliphatic carbocycles. The summed E-state index contributed by atoms with van der Waals surface area (Å²) in [7, 11) is -2.23. The van der Waals surface area contributed by atoms with Gasteiger partial charge in [-0.2, -0.15) is 0 Å². The number of aryl methyl sites for hydroxylation is 1. The first-order valence-corrected chi connectivity index (χ1v) is 8.73. The molecule has 23 heavy (non-hydrogen) atoms. The number of hydrogen-bond acceptors (Lipinski definition) is 3. The first-order chi connectivity index (χ1) is 10.8. The normalized spacial score (nSPS) is 12.7. The van der Waals surface area contributed by atoms with Gasteiger partial charge >= 0.3 is 0 Å². The SMILES string of the molecule is CNS(=O)(=O)c1cccc(C(=O)N[C@H](C)c2ccc(C)cc2)c1. The molecule has 1 amide bonds. The molecule has 0 fully saturated rings. The van der Waals surface area contributed by atoms with Crippen molar-refractivity contribution in [3.8, 4) is 0 Å². The highest BCUT2D eigenvalue weighted by Crippen LogP contribution is 2.15. The monoisotopic (exact) mass is 332 g/mol. The number of amides is 1. The zero-order chi connectivity index (χ0) is 17.0. The zero-order valence-electron chi connectivity index (χ0n) is 13.3. The van der Waals surface area contributed by atoms with Crippen LogP contribution in [0.5, 0.6) is 0 Å². The molecule has 0 saturated carbocycles. The molecule has 2 aromatic carbocycles. The van der Waals surface area contributed by atoms with Crippen molar-refractivity contribution in [3.63, 3.8) is 0 Å². The van der Waals surface area contributed by atoms with E-state index < -0.39 is 10.0 Å². The second-order valence-corrected chi connectivity index (χ2v) is 7.23. The standard InChI is InChI=1S/C17H20N2O3S/c1-12-7-9-14(10-8-12)13(2)19-17(20)15-5-4-6-16(11-15)23(21,22)18-3/h4-11,13,18H,1-3H3,(H,19,20)/t13-/m1/s1. The fourth-order valence-corrected chi connectivity index (χ4v) is 2.92. The van der Waals surface area contributed by atoms with Gasteiger partial charge < -0.3 is 5.32 Å². The van der Waals surface area contributed by atoms with Crippen LogP contribution < -0.4 is 10.0 Å². The highest BCUT2D eigenvalue weighted by molar-refractivity contribution is 7.89. The van der Waals surface area contributed by atoms with Crippen molar-refractivity contribution in [2.24, 2.45) is 0 Å². The number of hydrogen-bond donors (Lipinski definition) is 2. The van der Waals surface area contributed by atoms with Gasteiger partial charge in [0, 0.05) is 5.56 Å². The summed E-state index contributed by atoms with van der Waals surface area (Å²) in [5, 5.41) is 2.87. The quantitative estimate of drug-likeness (QED) is 0.883. The Bertz CT molecular complexity index is 799. The molecule has 0 bridgehead atoms. The maximum Gasteiger partial charge on any atom is 0.251 e. The minimum Gasteiger partial charge on any atom is -0.346 e. The largest absolute Gasteiger partial charge is 0.346 e.